The van der Waals surface area contributed by atoms with Crippen molar-refractivity contribution in [1.82, 2.24) is 9.88 Å². The number of benzene rings is 2. The maximum absolute atomic E-state index is 8.97. The zero-order valence-electron chi connectivity index (χ0n) is 16.0. The molecule has 27 heavy (non-hydrogen) atoms. The highest BCUT2D eigenvalue weighted by atomic mass is 32.1. The van der Waals surface area contributed by atoms with Gasteiger partial charge < -0.3 is 4.90 Å². The number of nitriles is 1. The topological polar surface area (TPSA) is 43.2 Å². The third-order valence-electron chi connectivity index (χ3n) is 5.55. The zero-order chi connectivity index (χ0) is 19.0. The van der Waals surface area contributed by atoms with E-state index in [9.17, 15) is 0 Å². The highest BCUT2D eigenvalue weighted by Crippen LogP contribution is 2.34. The Morgan fingerprint density at radius 2 is 1.93 bits per heavy atom. The number of anilines is 1. The molecule has 1 aliphatic heterocycles. The van der Waals surface area contributed by atoms with Crippen molar-refractivity contribution in [2.45, 2.75) is 32.4 Å². The molecule has 1 saturated heterocycles. The number of thiazole rings is 1. The minimum absolute atomic E-state index is 0.570. The van der Waals surface area contributed by atoms with Crippen molar-refractivity contribution in [2.24, 2.45) is 0 Å². The molecule has 0 aliphatic carbocycles. The fourth-order valence-corrected chi connectivity index (χ4v) is 4.67. The van der Waals surface area contributed by atoms with Crippen LogP contribution in [-0.2, 0) is 0 Å². The van der Waals surface area contributed by atoms with Gasteiger partial charge in [0.1, 0.15) is 0 Å². The first-order chi connectivity index (χ1) is 13.0. The van der Waals surface area contributed by atoms with Crippen molar-refractivity contribution < 1.29 is 0 Å². The summed E-state index contributed by atoms with van der Waals surface area (Å²) in [4.78, 5) is 9.77. The molecule has 1 atom stereocenters. The van der Waals surface area contributed by atoms with Gasteiger partial charge in [0.15, 0.2) is 5.13 Å². The summed E-state index contributed by atoms with van der Waals surface area (Å²) in [6, 6.07) is 17.5. The van der Waals surface area contributed by atoms with E-state index >= 15 is 0 Å². The predicted octanol–water partition coefficient (Wildman–Crippen LogP) is 4.75. The third-order valence-corrected chi connectivity index (χ3v) is 6.63. The Balaban J connectivity index is 1.57. The first-order valence-electron chi connectivity index (χ1n) is 9.43. The lowest BCUT2D eigenvalue weighted by molar-refractivity contribution is 0.209. The first-order valence-corrected chi connectivity index (χ1v) is 10.2. The van der Waals surface area contributed by atoms with Gasteiger partial charge in [0.05, 0.1) is 21.8 Å². The number of hydrogen-bond acceptors (Lipinski definition) is 5. The van der Waals surface area contributed by atoms with E-state index < -0.39 is 0 Å². The molecule has 0 radical (unpaired) electrons. The van der Waals surface area contributed by atoms with E-state index in [0.717, 1.165) is 29.3 Å². The molecule has 0 unspecified atom stereocenters. The van der Waals surface area contributed by atoms with E-state index in [4.69, 9.17) is 10.2 Å². The Bertz CT molecular complexity index is 984. The maximum atomic E-state index is 8.97. The summed E-state index contributed by atoms with van der Waals surface area (Å²) >= 11 is 1.78. The lowest BCUT2D eigenvalue weighted by Crippen LogP contribution is -2.39. The molecule has 1 aromatic heterocycles. The fourth-order valence-electron chi connectivity index (χ4n) is 3.63. The maximum Gasteiger partial charge on any atom is 0.186 e. The summed E-state index contributed by atoms with van der Waals surface area (Å²) in [6.07, 6.45) is 1.20. The Kier molecular flexibility index (Phi) is 4.86. The molecule has 5 heteroatoms. The zero-order valence-corrected chi connectivity index (χ0v) is 16.8. The molecule has 3 aromatic rings. The second-order valence-corrected chi connectivity index (χ2v) is 8.52. The second kappa shape index (κ2) is 7.30. The monoisotopic (exact) mass is 376 g/mol. The van der Waals surface area contributed by atoms with Gasteiger partial charge in [-0.25, -0.2) is 4.98 Å². The predicted molar refractivity (Wildman–Crippen MR) is 113 cm³/mol. The summed E-state index contributed by atoms with van der Waals surface area (Å²) in [5.41, 5.74) is 4.05. The van der Waals surface area contributed by atoms with Crippen molar-refractivity contribution in [2.75, 3.05) is 25.0 Å². The van der Waals surface area contributed by atoms with Crippen LogP contribution < -0.4 is 4.90 Å². The highest BCUT2D eigenvalue weighted by Gasteiger charge is 2.28. The number of fused-ring (bicyclic) bond motifs is 1. The van der Waals surface area contributed by atoms with E-state index in [1.807, 2.05) is 24.3 Å². The van der Waals surface area contributed by atoms with Gasteiger partial charge in [-0.15, -0.1) is 0 Å². The summed E-state index contributed by atoms with van der Waals surface area (Å²) < 4.78 is 1.22. The van der Waals surface area contributed by atoms with Gasteiger partial charge in [-0.3, -0.25) is 4.90 Å². The Hall–Kier alpha value is -2.42. The van der Waals surface area contributed by atoms with Crippen LogP contribution in [0, 0.1) is 11.3 Å². The van der Waals surface area contributed by atoms with Crippen molar-refractivity contribution in [3.8, 4) is 17.2 Å². The molecule has 1 aliphatic rings. The van der Waals surface area contributed by atoms with Crippen molar-refractivity contribution in [3.05, 3.63) is 48.0 Å². The molecule has 0 bridgehead atoms. The minimum Gasteiger partial charge on any atom is -0.346 e. The second-order valence-electron chi connectivity index (χ2n) is 7.52. The molecule has 2 aromatic carbocycles. The number of nitrogens with zero attached hydrogens (tertiary/aromatic N) is 4. The van der Waals surface area contributed by atoms with E-state index in [-0.39, 0.29) is 0 Å². The average molecular weight is 377 g/mol. The van der Waals surface area contributed by atoms with E-state index in [2.05, 4.69) is 55.0 Å². The van der Waals surface area contributed by atoms with Gasteiger partial charge in [-0.1, -0.05) is 29.5 Å². The third kappa shape index (κ3) is 3.55. The van der Waals surface area contributed by atoms with Crippen LogP contribution in [0.5, 0.6) is 0 Å². The van der Waals surface area contributed by atoms with Crippen molar-refractivity contribution >= 4 is 26.7 Å². The summed E-state index contributed by atoms with van der Waals surface area (Å²) in [6.45, 7) is 6.64. The lowest BCUT2D eigenvalue weighted by Gasteiger charge is -2.28. The lowest BCUT2D eigenvalue weighted by atomic mass is 10.0. The van der Waals surface area contributed by atoms with E-state index in [1.54, 1.807) is 11.3 Å². The van der Waals surface area contributed by atoms with Crippen LogP contribution in [0.1, 0.15) is 25.8 Å². The number of likely N-dealkylation sites (N-methyl/N-ethyl adjacent to an activating group) is 1. The molecule has 0 saturated carbocycles. The molecule has 2 heterocycles. The molecular weight excluding hydrogens is 352 g/mol. The molecule has 0 N–H and O–H groups in total. The minimum atomic E-state index is 0.570. The van der Waals surface area contributed by atoms with Gasteiger partial charge in [0.2, 0.25) is 0 Å². The van der Waals surface area contributed by atoms with Gasteiger partial charge in [-0.05, 0) is 62.7 Å². The summed E-state index contributed by atoms with van der Waals surface area (Å²) in [7, 11) is 2.22. The number of hydrogen-bond donors (Lipinski definition) is 0. The first kappa shape index (κ1) is 18.0. The average Bonchev–Trinajstić information content (AvgIpc) is 3.33. The fraction of sp³-hybridized carbons (Fsp3) is 0.364. The molecule has 4 rings (SSSR count). The quantitative estimate of drug-likeness (QED) is 0.659. The largest absolute Gasteiger partial charge is 0.346 e. The standard InChI is InChI=1S/C22H24N4S/c1-15(2)25(3)19-10-11-26(14-19)22-24-20-9-8-18(12-21(20)27-22)17-6-4-16(13-23)5-7-17/h4-9,12,15,19H,10-11,14H2,1-3H3/t19-/m0/s1. The Morgan fingerprint density at radius 3 is 2.63 bits per heavy atom. The normalized spacial score (nSPS) is 17.2. The van der Waals surface area contributed by atoms with Gasteiger partial charge in [-0.2, -0.15) is 5.26 Å². The summed E-state index contributed by atoms with van der Waals surface area (Å²) in [5.74, 6) is 0. The summed E-state index contributed by atoms with van der Waals surface area (Å²) in [5, 5.41) is 10.1. The number of aromatic nitrogens is 1. The Morgan fingerprint density at radius 1 is 1.19 bits per heavy atom. The van der Waals surface area contributed by atoms with Gasteiger partial charge in [0.25, 0.3) is 0 Å². The van der Waals surface area contributed by atoms with Crippen LogP contribution in [0.3, 0.4) is 0 Å². The molecule has 1 fully saturated rings. The Labute approximate surface area is 164 Å². The molecule has 0 amide bonds. The molecule has 138 valence electrons. The van der Waals surface area contributed by atoms with Crippen LogP contribution in [0.2, 0.25) is 0 Å². The smallest absolute Gasteiger partial charge is 0.186 e. The number of rotatable bonds is 4. The molecule has 4 nitrogen and oxygen atoms in total. The van der Waals surface area contributed by atoms with Crippen LogP contribution in [0.4, 0.5) is 5.13 Å². The van der Waals surface area contributed by atoms with E-state index in [1.165, 1.54) is 16.7 Å². The van der Waals surface area contributed by atoms with Crippen LogP contribution in [0.15, 0.2) is 42.5 Å². The van der Waals surface area contributed by atoms with Gasteiger partial charge in [0, 0.05) is 25.2 Å². The van der Waals surface area contributed by atoms with Crippen LogP contribution in [0.25, 0.3) is 21.3 Å². The van der Waals surface area contributed by atoms with Crippen LogP contribution in [-0.4, -0.2) is 42.1 Å². The van der Waals surface area contributed by atoms with Crippen LogP contribution >= 0.6 is 11.3 Å². The highest BCUT2D eigenvalue weighted by molar-refractivity contribution is 7.22. The molecular formula is C22H24N4S. The van der Waals surface area contributed by atoms with Crippen molar-refractivity contribution in [1.29, 1.82) is 5.26 Å². The van der Waals surface area contributed by atoms with Crippen molar-refractivity contribution in [3.63, 3.8) is 0 Å². The van der Waals surface area contributed by atoms with Gasteiger partial charge >= 0.3 is 0 Å². The van der Waals surface area contributed by atoms with E-state index in [0.29, 0.717) is 17.6 Å². The SMILES string of the molecule is CC(C)N(C)[C@H]1CCN(c2nc3ccc(-c4ccc(C#N)cc4)cc3s2)C1. The molecule has 0 spiro atoms.